The SMILES string of the molecule is CC(=O)c1cccc(NC(=O)[C@H](C)OC(=O)[C@H]2CC(=O)N(c3ccc(C)cc3)C2)c1. The van der Waals surface area contributed by atoms with Crippen LogP contribution in [-0.4, -0.2) is 36.2 Å². The number of ketones is 1. The van der Waals surface area contributed by atoms with Gasteiger partial charge in [-0.15, -0.1) is 0 Å². The van der Waals surface area contributed by atoms with E-state index in [1.807, 2.05) is 31.2 Å². The van der Waals surface area contributed by atoms with Crippen LogP contribution in [-0.2, 0) is 19.1 Å². The quantitative estimate of drug-likeness (QED) is 0.586. The summed E-state index contributed by atoms with van der Waals surface area (Å²) in [6.45, 7) is 5.08. The Morgan fingerprint density at radius 1 is 1.13 bits per heavy atom. The van der Waals surface area contributed by atoms with E-state index in [-0.39, 0.29) is 24.7 Å². The molecule has 2 amide bonds. The standard InChI is InChI=1S/C23H24N2O5/c1-14-7-9-20(10-8-14)25-13-18(12-21(25)27)23(29)30-16(3)22(28)24-19-6-4-5-17(11-19)15(2)26/h4-11,16,18H,12-13H2,1-3H3,(H,24,28)/t16-,18-/m0/s1. The van der Waals surface area contributed by atoms with Crippen molar-refractivity contribution in [2.75, 3.05) is 16.8 Å². The average Bonchev–Trinajstić information content (AvgIpc) is 3.10. The van der Waals surface area contributed by atoms with Crippen molar-refractivity contribution in [1.29, 1.82) is 0 Å². The van der Waals surface area contributed by atoms with E-state index in [9.17, 15) is 19.2 Å². The number of anilines is 2. The number of hydrogen-bond donors (Lipinski definition) is 1. The summed E-state index contributed by atoms with van der Waals surface area (Å²) in [6, 6.07) is 14.0. The molecule has 1 fully saturated rings. The van der Waals surface area contributed by atoms with E-state index >= 15 is 0 Å². The number of amides is 2. The third kappa shape index (κ3) is 4.92. The number of hydrogen-bond acceptors (Lipinski definition) is 5. The van der Waals surface area contributed by atoms with E-state index in [1.54, 1.807) is 29.2 Å². The number of esters is 1. The van der Waals surface area contributed by atoms with E-state index in [1.165, 1.54) is 13.8 Å². The summed E-state index contributed by atoms with van der Waals surface area (Å²) in [5.74, 6) is -1.99. The third-order valence-electron chi connectivity index (χ3n) is 5.00. The Balaban J connectivity index is 1.58. The molecule has 0 radical (unpaired) electrons. The van der Waals surface area contributed by atoms with E-state index in [2.05, 4.69) is 5.32 Å². The number of Topliss-reactive ketones (excluding diaryl/α,β-unsaturated/α-hetero) is 1. The van der Waals surface area contributed by atoms with Crippen LogP contribution in [0.5, 0.6) is 0 Å². The molecule has 0 bridgehead atoms. The Morgan fingerprint density at radius 2 is 1.83 bits per heavy atom. The number of nitrogens with one attached hydrogen (secondary N) is 1. The molecule has 1 aliphatic heterocycles. The van der Waals surface area contributed by atoms with Crippen LogP contribution in [0.25, 0.3) is 0 Å². The van der Waals surface area contributed by atoms with Gasteiger partial charge in [0.1, 0.15) is 0 Å². The largest absolute Gasteiger partial charge is 0.452 e. The molecule has 30 heavy (non-hydrogen) atoms. The minimum Gasteiger partial charge on any atom is -0.452 e. The molecule has 1 N–H and O–H groups in total. The van der Waals surface area contributed by atoms with Gasteiger partial charge in [0.15, 0.2) is 11.9 Å². The molecule has 156 valence electrons. The third-order valence-corrected chi connectivity index (χ3v) is 5.00. The molecule has 0 saturated carbocycles. The molecule has 3 rings (SSSR count). The number of ether oxygens (including phenoxy) is 1. The normalized spacial score (nSPS) is 16.8. The molecule has 2 aromatic carbocycles. The van der Waals surface area contributed by atoms with Crippen LogP contribution in [0.1, 0.15) is 36.2 Å². The van der Waals surface area contributed by atoms with Crippen molar-refractivity contribution < 1.29 is 23.9 Å². The van der Waals surface area contributed by atoms with Gasteiger partial charge in [0, 0.05) is 29.9 Å². The summed E-state index contributed by atoms with van der Waals surface area (Å²) < 4.78 is 5.30. The van der Waals surface area contributed by atoms with Crippen molar-refractivity contribution in [2.45, 2.75) is 33.3 Å². The second-order valence-corrected chi connectivity index (χ2v) is 7.45. The predicted molar refractivity (Wildman–Crippen MR) is 112 cm³/mol. The summed E-state index contributed by atoms with van der Waals surface area (Å²) in [6.07, 6.45) is -0.996. The predicted octanol–water partition coefficient (Wildman–Crippen LogP) is 3.12. The summed E-state index contributed by atoms with van der Waals surface area (Å²) in [5.41, 5.74) is 2.72. The first-order valence-electron chi connectivity index (χ1n) is 9.74. The zero-order valence-corrected chi connectivity index (χ0v) is 17.2. The smallest absolute Gasteiger partial charge is 0.312 e. The van der Waals surface area contributed by atoms with Crippen LogP contribution in [0.2, 0.25) is 0 Å². The molecule has 0 aromatic heterocycles. The van der Waals surface area contributed by atoms with E-state index < -0.39 is 23.9 Å². The highest BCUT2D eigenvalue weighted by Crippen LogP contribution is 2.26. The molecule has 1 aliphatic rings. The van der Waals surface area contributed by atoms with Gasteiger partial charge < -0.3 is 15.0 Å². The van der Waals surface area contributed by atoms with Crippen LogP contribution in [0.15, 0.2) is 48.5 Å². The van der Waals surface area contributed by atoms with Gasteiger partial charge in [-0.3, -0.25) is 19.2 Å². The van der Waals surface area contributed by atoms with E-state index in [0.717, 1.165) is 11.3 Å². The number of rotatable bonds is 6. The van der Waals surface area contributed by atoms with Crippen molar-refractivity contribution in [3.8, 4) is 0 Å². The molecule has 0 unspecified atom stereocenters. The maximum Gasteiger partial charge on any atom is 0.312 e. The number of carbonyl (C=O) groups is 4. The molecule has 2 atom stereocenters. The Bertz CT molecular complexity index is 983. The van der Waals surface area contributed by atoms with Gasteiger partial charge in [-0.25, -0.2) is 0 Å². The average molecular weight is 408 g/mol. The van der Waals surface area contributed by atoms with E-state index in [0.29, 0.717) is 11.3 Å². The number of nitrogens with zero attached hydrogens (tertiary/aromatic N) is 1. The van der Waals surface area contributed by atoms with Crippen LogP contribution < -0.4 is 10.2 Å². The second kappa shape index (κ2) is 8.90. The van der Waals surface area contributed by atoms with Gasteiger partial charge in [-0.2, -0.15) is 0 Å². The highest BCUT2D eigenvalue weighted by atomic mass is 16.5. The van der Waals surface area contributed by atoms with Crippen molar-refractivity contribution in [3.63, 3.8) is 0 Å². The van der Waals surface area contributed by atoms with Gasteiger partial charge in [0.2, 0.25) is 5.91 Å². The highest BCUT2D eigenvalue weighted by molar-refractivity contribution is 6.01. The molecular formula is C23H24N2O5. The van der Waals surface area contributed by atoms with E-state index in [4.69, 9.17) is 4.74 Å². The lowest BCUT2D eigenvalue weighted by atomic mass is 10.1. The lowest BCUT2D eigenvalue weighted by Crippen LogP contribution is -2.33. The number of benzene rings is 2. The van der Waals surface area contributed by atoms with Crippen LogP contribution in [0.4, 0.5) is 11.4 Å². The monoisotopic (exact) mass is 408 g/mol. The fourth-order valence-corrected chi connectivity index (χ4v) is 3.22. The zero-order chi connectivity index (χ0) is 21.8. The Kier molecular flexibility index (Phi) is 6.30. The van der Waals surface area contributed by atoms with Crippen LogP contribution in [0.3, 0.4) is 0 Å². The summed E-state index contributed by atoms with van der Waals surface area (Å²) >= 11 is 0. The molecule has 1 saturated heterocycles. The van der Waals surface area contributed by atoms with Gasteiger partial charge in [0.25, 0.3) is 5.91 Å². The first kappa shape index (κ1) is 21.2. The minimum atomic E-state index is -1.04. The number of aryl methyl sites for hydroxylation is 1. The molecule has 2 aromatic rings. The second-order valence-electron chi connectivity index (χ2n) is 7.45. The molecule has 0 spiro atoms. The van der Waals surface area contributed by atoms with Gasteiger partial charge in [-0.05, 0) is 45.0 Å². The fourth-order valence-electron chi connectivity index (χ4n) is 3.22. The summed E-state index contributed by atoms with van der Waals surface area (Å²) in [7, 11) is 0. The summed E-state index contributed by atoms with van der Waals surface area (Å²) in [4.78, 5) is 50.2. The van der Waals surface area contributed by atoms with Crippen molar-refractivity contribution in [2.24, 2.45) is 5.92 Å². The van der Waals surface area contributed by atoms with Crippen LogP contribution >= 0.6 is 0 Å². The zero-order valence-electron chi connectivity index (χ0n) is 17.2. The molecule has 0 aliphatic carbocycles. The lowest BCUT2D eigenvalue weighted by molar-refractivity contribution is -0.157. The Hall–Kier alpha value is -3.48. The minimum absolute atomic E-state index is 0.0434. The highest BCUT2D eigenvalue weighted by Gasteiger charge is 2.37. The first-order valence-corrected chi connectivity index (χ1v) is 9.74. The van der Waals surface area contributed by atoms with Gasteiger partial charge in [-0.1, -0.05) is 29.8 Å². The van der Waals surface area contributed by atoms with Crippen LogP contribution in [0, 0.1) is 12.8 Å². The van der Waals surface area contributed by atoms with Crippen molar-refractivity contribution in [1.82, 2.24) is 0 Å². The maximum atomic E-state index is 12.5. The van der Waals surface area contributed by atoms with Gasteiger partial charge in [0.05, 0.1) is 5.92 Å². The molecular weight excluding hydrogens is 384 g/mol. The first-order chi connectivity index (χ1) is 14.2. The lowest BCUT2D eigenvalue weighted by Gasteiger charge is -2.18. The molecule has 7 heteroatoms. The maximum absolute atomic E-state index is 12.5. The Labute approximate surface area is 175 Å². The topological polar surface area (TPSA) is 92.8 Å². The molecule has 1 heterocycles. The van der Waals surface area contributed by atoms with Crippen molar-refractivity contribution >= 4 is 34.9 Å². The van der Waals surface area contributed by atoms with Crippen molar-refractivity contribution in [3.05, 3.63) is 59.7 Å². The fraction of sp³-hybridized carbons (Fsp3) is 0.304. The number of carbonyl (C=O) groups excluding carboxylic acids is 4. The van der Waals surface area contributed by atoms with Gasteiger partial charge >= 0.3 is 5.97 Å². The summed E-state index contributed by atoms with van der Waals surface area (Å²) in [5, 5.41) is 2.64. The molecule has 7 nitrogen and oxygen atoms in total. The Morgan fingerprint density at radius 3 is 2.50 bits per heavy atom.